The molecular formula is C13H7Cl2N3O3S. The van der Waals surface area contributed by atoms with E-state index in [-0.39, 0.29) is 11.4 Å². The number of hydrogen-bond acceptors (Lipinski definition) is 6. The minimum atomic E-state index is -0.580. The second-order valence-corrected chi connectivity index (χ2v) is 6.21. The third-order valence-electron chi connectivity index (χ3n) is 2.85. The molecule has 3 rings (SSSR count). The number of benzene rings is 2. The number of nitro benzene ring substituents is 1. The zero-order valence-electron chi connectivity index (χ0n) is 10.7. The normalized spacial score (nSPS) is 10.8. The van der Waals surface area contributed by atoms with E-state index in [0.717, 1.165) is 10.8 Å². The third-order valence-corrected chi connectivity index (χ3v) is 4.27. The number of aromatic hydroxyl groups is 1. The Morgan fingerprint density at radius 3 is 2.73 bits per heavy atom. The Balaban J connectivity index is 1.96. The molecule has 0 unspecified atom stereocenters. The Labute approximate surface area is 138 Å². The quantitative estimate of drug-likeness (QED) is 0.393. The number of anilines is 2. The first-order valence-electron chi connectivity index (χ1n) is 5.94. The van der Waals surface area contributed by atoms with Gasteiger partial charge in [-0.15, -0.1) is 0 Å². The van der Waals surface area contributed by atoms with Crippen LogP contribution in [0.5, 0.6) is 5.75 Å². The molecule has 1 heterocycles. The summed E-state index contributed by atoms with van der Waals surface area (Å²) in [6, 6.07) is 7.10. The van der Waals surface area contributed by atoms with E-state index < -0.39 is 4.92 Å². The molecule has 0 atom stereocenters. The highest BCUT2D eigenvalue weighted by molar-refractivity contribution is 7.22. The summed E-state index contributed by atoms with van der Waals surface area (Å²) in [7, 11) is 0. The van der Waals surface area contributed by atoms with Gasteiger partial charge in [0.15, 0.2) is 5.13 Å². The maximum atomic E-state index is 10.6. The first-order chi connectivity index (χ1) is 10.4. The number of aromatic nitrogens is 1. The van der Waals surface area contributed by atoms with Gasteiger partial charge in [0.2, 0.25) is 0 Å². The van der Waals surface area contributed by atoms with Gasteiger partial charge in [-0.05, 0) is 18.2 Å². The molecule has 0 aliphatic carbocycles. The van der Waals surface area contributed by atoms with Crippen LogP contribution in [0.15, 0.2) is 30.3 Å². The van der Waals surface area contributed by atoms with E-state index in [0.29, 0.717) is 26.4 Å². The zero-order valence-corrected chi connectivity index (χ0v) is 13.0. The molecule has 2 aromatic carbocycles. The van der Waals surface area contributed by atoms with Gasteiger partial charge in [-0.3, -0.25) is 10.1 Å². The van der Waals surface area contributed by atoms with Gasteiger partial charge in [-0.2, -0.15) is 0 Å². The summed E-state index contributed by atoms with van der Waals surface area (Å²) in [6.45, 7) is 0. The molecule has 0 radical (unpaired) electrons. The molecule has 0 fully saturated rings. The molecule has 3 aromatic rings. The van der Waals surface area contributed by atoms with Crippen molar-refractivity contribution in [3.63, 3.8) is 0 Å². The van der Waals surface area contributed by atoms with Crippen LogP contribution in [0.4, 0.5) is 16.5 Å². The minimum absolute atomic E-state index is 0.192. The van der Waals surface area contributed by atoms with Crippen LogP contribution in [-0.2, 0) is 0 Å². The highest BCUT2D eigenvalue weighted by Gasteiger charge is 2.13. The van der Waals surface area contributed by atoms with Crippen LogP contribution in [0.3, 0.4) is 0 Å². The fourth-order valence-corrected chi connectivity index (χ4v) is 3.47. The Kier molecular flexibility index (Phi) is 3.78. The zero-order chi connectivity index (χ0) is 15.9. The molecule has 9 heteroatoms. The van der Waals surface area contributed by atoms with Crippen molar-refractivity contribution in [2.75, 3.05) is 5.32 Å². The second kappa shape index (κ2) is 5.60. The number of nitro groups is 1. The standard InChI is InChI=1S/C13H7Cl2N3O3S/c14-6-3-8(15)12-11(4-6)22-13(17-12)16-9-2-1-7(18(20)21)5-10(9)19/h1-5,19H,(H,16,17). The summed E-state index contributed by atoms with van der Waals surface area (Å²) < 4.78 is 0.793. The van der Waals surface area contributed by atoms with Crippen LogP contribution >= 0.6 is 34.5 Å². The SMILES string of the molecule is O=[N+]([O-])c1ccc(Nc2nc3c(Cl)cc(Cl)cc3s2)c(O)c1. The maximum Gasteiger partial charge on any atom is 0.273 e. The number of phenolic OH excluding ortho intramolecular Hbond substituents is 1. The molecule has 0 amide bonds. The molecule has 0 saturated carbocycles. The summed E-state index contributed by atoms with van der Waals surface area (Å²) in [5, 5.41) is 24.8. The average Bonchev–Trinajstić information content (AvgIpc) is 2.83. The van der Waals surface area contributed by atoms with Gasteiger partial charge in [-0.1, -0.05) is 34.5 Å². The van der Waals surface area contributed by atoms with Crippen molar-refractivity contribution in [3.8, 4) is 5.75 Å². The molecule has 0 aliphatic heterocycles. The fourth-order valence-electron chi connectivity index (χ4n) is 1.87. The van der Waals surface area contributed by atoms with Gasteiger partial charge in [0.1, 0.15) is 11.3 Å². The summed E-state index contributed by atoms with van der Waals surface area (Å²) in [6.07, 6.45) is 0. The molecule has 0 bridgehead atoms. The van der Waals surface area contributed by atoms with Crippen molar-refractivity contribution in [3.05, 3.63) is 50.5 Å². The van der Waals surface area contributed by atoms with E-state index in [2.05, 4.69) is 10.3 Å². The number of hydrogen-bond donors (Lipinski definition) is 2. The van der Waals surface area contributed by atoms with Gasteiger partial charge in [0, 0.05) is 11.1 Å². The van der Waals surface area contributed by atoms with E-state index in [1.165, 1.54) is 23.5 Å². The molecule has 0 saturated heterocycles. The van der Waals surface area contributed by atoms with Crippen LogP contribution in [0.2, 0.25) is 10.0 Å². The van der Waals surface area contributed by atoms with Crippen molar-refractivity contribution in [1.82, 2.24) is 4.98 Å². The molecule has 112 valence electrons. The van der Waals surface area contributed by atoms with Crippen LogP contribution in [0, 0.1) is 10.1 Å². The number of fused-ring (bicyclic) bond motifs is 1. The summed E-state index contributed by atoms with van der Waals surface area (Å²) >= 11 is 13.3. The fraction of sp³-hybridized carbons (Fsp3) is 0. The van der Waals surface area contributed by atoms with E-state index in [1.807, 2.05) is 0 Å². The molecule has 1 aromatic heterocycles. The third kappa shape index (κ3) is 2.78. The van der Waals surface area contributed by atoms with Crippen LogP contribution in [-0.4, -0.2) is 15.0 Å². The van der Waals surface area contributed by atoms with Crippen LogP contribution < -0.4 is 5.32 Å². The van der Waals surface area contributed by atoms with Crippen molar-refractivity contribution >= 4 is 61.3 Å². The van der Waals surface area contributed by atoms with Gasteiger partial charge in [0.05, 0.1) is 26.4 Å². The Hall–Kier alpha value is -2.09. The Bertz CT molecular complexity index is 898. The molecule has 2 N–H and O–H groups in total. The number of non-ortho nitro benzene ring substituents is 1. The highest BCUT2D eigenvalue weighted by atomic mass is 35.5. The van der Waals surface area contributed by atoms with E-state index in [9.17, 15) is 15.2 Å². The first kappa shape index (κ1) is 14.8. The molecule has 0 aliphatic rings. The Morgan fingerprint density at radius 1 is 1.27 bits per heavy atom. The first-order valence-corrected chi connectivity index (χ1v) is 7.51. The van der Waals surface area contributed by atoms with E-state index >= 15 is 0 Å². The lowest BCUT2D eigenvalue weighted by Crippen LogP contribution is -1.92. The predicted octanol–water partition coefficient (Wildman–Crippen LogP) is 4.96. The molecule has 6 nitrogen and oxygen atoms in total. The van der Waals surface area contributed by atoms with E-state index in [4.69, 9.17) is 23.2 Å². The van der Waals surface area contributed by atoms with Gasteiger partial charge in [0.25, 0.3) is 5.69 Å². The number of rotatable bonds is 3. The number of thiazole rings is 1. The van der Waals surface area contributed by atoms with Crippen LogP contribution in [0.1, 0.15) is 0 Å². The molecule has 0 spiro atoms. The van der Waals surface area contributed by atoms with Crippen molar-refractivity contribution in [2.24, 2.45) is 0 Å². The summed E-state index contributed by atoms with van der Waals surface area (Å²) in [5.41, 5.74) is 0.717. The maximum absolute atomic E-state index is 10.6. The number of phenols is 1. The van der Waals surface area contributed by atoms with Gasteiger partial charge < -0.3 is 10.4 Å². The Morgan fingerprint density at radius 2 is 2.05 bits per heavy atom. The predicted molar refractivity (Wildman–Crippen MR) is 87.7 cm³/mol. The lowest BCUT2D eigenvalue weighted by atomic mass is 10.2. The number of halogens is 2. The van der Waals surface area contributed by atoms with Gasteiger partial charge in [-0.25, -0.2) is 4.98 Å². The van der Waals surface area contributed by atoms with Crippen molar-refractivity contribution < 1.29 is 10.0 Å². The lowest BCUT2D eigenvalue weighted by Gasteiger charge is -2.04. The van der Waals surface area contributed by atoms with Crippen molar-refractivity contribution in [2.45, 2.75) is 0 Å². The van der Waals surface area contributed by atoms with Crippen LogP contribution in [0.25, 0.3) is 10.2 Å². The topological polar surface area (TPSA) is 88.3 Å². The number of nitrogens with zero attached hydrogens (tertiary/aromatic N) is 2. The lowest BCUT2D eigenvalue weighted by molar-refractivity contribution is -0.384. The van der Waals surface area contributed by atoms with E-state index in [1.54, 1.807) is 12.1 Å². The average molecular weight is 356 g/mol. The smallest absolute Gasteiger partial charge is 0.273 e. The summed E-state index contributed by atoms with van der Waals surface area (Å²) in [4.78, 5) is 14.4. The van der Waals surface area contributed by atoms with Crippen molar-refractivity contribution in [1.29, 1.82) is 0 Å². The molecular weight excluding hydrogens is 349 g/mol. The highest BCUT2D eigenvalue weighted by Crippen LogP contribution is 2.37. The summed E-state index contributed by atoms with van der Waals surface area (Å²) in [5.74, 6) is -0.238. The number of nitrogens with one attached hydrogen (secondary N) is 1. The monoisotopic (exact) mass is 355 g/mol. The largest absolute Gasteiger partial charge is 0.506 e. The van der Waals surface area contributed by atoms with Gasteiger partial charge >= 0.3 is 0 Å². The second-order valence-electron chi connectivity index (χ2n) is 4.34. The minimum Gasteiger partial charge on any atom is -0.506 e. The molecule has 22 heavy (non-hydrogen) atoms.